The van der Waals surface area contributed by atoms with Crippen LogP contribution in [0.1, 0.15) is 48.9 Å². The smallest absolute Gasteiger partial charge is 0.339 e. The maximum absolute atomic E-state index is 12.5. The van der Waals surface area contributed by atoms with Crippen molar-refractivity contribution in [1.82, 2.24) is 9.80 Å². The molecule has 0 aromatic heterocycles. The number of ether oxygens (including phenoxy) is 1. The van der Waals surface area contributed by atoms with Crippen molar-refractivity contribution in [1.29, 1.82) is 0 Å². The van der Waals surface area contributed by atoms with Crippen LogP contribution >= 0.6 is 0 Å². The fourth-order valence-corrected chi connectivity index (χ4v) is 4.04. The molecule has 1 heterocycles. The van der Waals surface area contributed by atoms with Gasteiger partial charge in [0.05, 0.1) is 0 Å². The SMILES string of the molecule is O=C(O)c1ccccc1OCCN1CCN(C(=O)CC2CCCCC2)CC1. The van der Waals surface area contributed by atoms with Gasteiger partial charge in [-0.1, -0.05) is 31.4 Å². The Morgan fingerprint density at radius 1 is 1.04 bits per heavy atom. The summed E-state index contributed by atoms with van der Waals surface area (Å²) in [6.07, 6.45) is 7.01. The predicted octanol–water partition coefficient (Wildman–Crippen LogP) is 2.88. The van der Waals surface area contributed by atoms with Gasteiger partial charge in [0.2, 0.25) is 5.91 Å². The highest BCUT2D eigenvalue weighted by atomic mass is 16.5. The first kappa shape index (κ1) is 19.7. The maximum atomic E-state index is 12.5. The second-order valence-electron chi connectivity index (χ2n) is 7.58. The van der Waals surface area contributed by atoms with E-state index in [0.29, 0.717) is 24.2 Å². The van der Waals surface area contributed by atoms with Gasteiger partial charge in [0, 0.05) is 39.1 Å². The molecule has 0 bridgehead atoms. The molecule has 0 radical (unpaired) electrons. The lowest BCUT2D eigenvalue weighted by atomic mass is 9.86. The van der Waals surface area contributed by atoms with Crippen LogP contribution in [0.2, 0.25) is 0 Å². The first-order valence-electron chi connectivity index (χ1n) is 10.1. The van der Waals surface area contributed by atoms with Crippen molar-refractivity contribution in [2.45, 2.75) is 38.5 Å². The van der Waals surface area contributed by atoms with Crippen LogP contribution in [-0.4, -0.2) is 66.1 Å². The molecule has 1 aromatic rings. The molecule has 148 valence electrons. The first-order valence-corrected chi connectivity index (χ1v) is 10.1. The van der Waals surface area contributed by atoms with Crippen LogP contribution in [0.3, 0.4) is 0 Å². The normalized spacial score (nSPS) is 19.0. The summed E-state index contributed by atoms with van der Waals surface area (Å²) in [4.78, 5) is 28.0. The molecule has 1 amide bonds. The average molecular weight is 374 g/mol. The van der Waals surface area contributed by atoms with Crippen molar-refractivity contribution in [3.8, 4) is 5.75 Å². The van der Waals surface area contributed by atoms with Crippen molar-refractivity contribution < 1.29 is 19.4 Å². The number of para-hydroxylation sites is 1. The van der Waals surface area contributed by atoms with Gasteiger partial charge in [0.1, 0.15) is 17.9 Å². The molecule has 6 nitrogen and oxygen atoms in total. The van der Waals surface area contributed by atoms with Crippen LogP contribution in [0.15, 0.2) is 24.3 Å². The van der Waals surface area contributed by atoms with E-state index in [0.717, 1.165) is 39.1 Å². The van der Waals surface area contributed by atoms with Crippen molar-refractivity contribution >= 4 is 11.9 Å². The third-order valence-corrected chi connectivity index (χ3v) is 5.70. The zero-order valence-electron chi connectivity index (χ0n) is 15.9. The Labute approximate surface area is 161 Å². The molecule has 0 spiro atoms. The number of hydrogen-bond donors (Lipinski definition) is 1. The number of carbonyl (C=O) groups is 2. The van der Waals surface area contributed by atoms with Crippen LogP contribution in [0.25, 0.3) is 0 Å². The summed E-state index contributed by atoms with van der Waals surface area (Å²) in [7, 11) is 0. The van der Waals surface area contributed by atoms with E-state index in [1.165, 1.54) is 32.1 Å². The standard InChI is InChI=1S/C21H30N2O4/c24-20(16-17-6-2-1-3-7-17)23-12-10-22(11-13-23)14-15-27-19-9-5-4-8-18(19)21(25)26/h4-5,8-9,17H,1-3,6-7,10-16H2,(H,25,26). The molecule has 1 aliphatic carbocycles. The van der Waals surface area contributed by atoms with E-state index in [1.807, 2.05) is 4.90 Å². The number of carboxylic acid groups (broad SMARTS) is 1. The summed E-state index contributed by atoms with van der Waals surface area (Å²) >= 11 is 0. The van der Waals surface area contributed by atoms with Gasteiger partial charge < -0.3 is 14.7 Å². The molecule has 1 saturated heterocycles. The Morgan fingerprint density at radius 3 is 2.44 bits per heavy atom. The minimum atomic E-state index is -0.976. The number of rotatable bonds is 7. The number of nitrogens with zero attached hydrogens (tertiary/aromatic N) is 2. The summed E-state index contributed by atoms with van der Waals surface area (Å²) < 4.78 is 5.67. The second-order valence-corrected chi connectivity index (χ2v) is 7.58. The number of carboxylic acids is 1. The number of aromatic carboxylic acids is 1. The largest absolute Gasteiger partial charge is 0.491 e. The minimum Gasteiger partial charge on any atom is -0.491 e. The van der Waals surface area contributed by atoms with E-state index < -0.39 is 5.97 Å². The molecular weight excluding hydrogens is 344 g/mol. The third-order valence-electron chi connectivity index (χ3n) is 5.70. The van der Waals surface area contributed by atoms with Crippen LogP contribution in [-0.2, 0) is 4.79 Å². The number of hydrogen-bond acceptors (Lipinski definition) is 4. The van der Waals surface area contributed by atoms with Gasteiger partial charge in [0.15, 0.2) is 0 Å². The topological polar surface area (TPSA) is 70.1 Å². The van der Waals surface area contributed by atoms with Crippen molar-refractivity contribution in [3.63, 3.8) is 0 Å². The number of amides is 1. The zero-order valence-corrected chi connectivity index (χ0v) is 15.9. The highest BCUT2D eigenvalue weighted by Gasteiger charge is 2.24. The molecule has 1 aromatic carbocycles. The Hall–Kier alpha value is -2.08. The Kier molecular flexibility index (Phi) is 7.10. The monoisotopic (exact) mass is 374 g/mol. The Bertz CT molecular complexity index is 635. The van der Waals surface area contributed by atoms with Crippen LogP contribution in [0.4, 0.5) is 0 Å². The molecule has 6 heteroatoms. The minimum absolute atomic E-state index is 0.190. The summed E-state index contributed by atoms with van der Waals surface area (Å²) in [6, 6.07) is 6.71. The fraction of sp³-hybridized carbons (Fsp3) is 0.619. The van der Waals surface area contributed by atoms with Crippen molar-refractivity contribution in [2.24, 2.45) is 5.92 Å². The molecule has 3 rings (SSSR count). The summed E-state index contributed by atoms with van der Waals surface area (Å²) in [5.74, 6) is 0.335. The van der Waals surface area contributed by atoms with Crippen LogP contribution < -0.4 is 4.74 Å². The lowest BCUT2D eigenvalue weighted by Gasteiger charge is -2.35. The molecule has 27 heavy (non-hydrogen) atoms. The first-order chi connectivity index (χ1) is 13.1. The molecule has 2 aliphatic rings. The summed E-state index contributed by atoms with van der Waals surface area (Å²) in [5, 5.41) is 9.18. The highest BCUT2D eigenvalue weighted by Crippen LogP contribution is 2.27. The molecule has 1 saturated carbocycles. The third kappa shape index (κ3) is 5.70. The maximum Gasteiger partial charge on any atom is 0.339 e. The van der Waals surface area contributed by atoms with Gasteiger partial charge in [-0.25, -0.2) is 4.79 Å². The molecule has 1 N–H and O–H groups in total. The van der Waals surface area contributed by atoms with E-state index >= 15 is 0 Å². The van der Waals surface area contributed by atoms with Crippen molar-refractivity contribution in [3.05, 3.63) is 29.8 Å². The quantitative estimate of drug-likeness (QED) is 0.795. The van der Waals surface area contributed by atoms with Crippen LogP contribution in [0, 0.1) is 5.92 Å². The Morgan fingerprint density at radius 2 is 1.74 bits per heavy atom. The van der Waals surface area contributed by atoms with Gasteiger partial charge in [-0.3, -0.25) is 9.69 Å². The fourth-order valence-electron chi connectivity index (χ4n) is 4.04. The molecule has 2 fully saturated rings. The predicted molar refractivity (Wildman–Crippen MR) is 103 cm³/mol. The van der Waals surface area contributed by atoms with Gasteiger partial charge in [-0.15, -0.1) is 0 Å². The van der Waals surface area contributed by atoms with Gasteiger partial charge in [-0.2, -0.15) is 0 Å². The highest BCUT2D eigenvalue weighted by molar-refractivity contribution is 5.90. The average Bonchev–Trinajstić information content (AvgIpc) is 2.69. The number of piperazine rings is 1. The zero-order chi connectivity index (χ0) is 19.1. The Balaban J connectivity index is 1.37. The number of benzene rings is 1. The second kappa shape index (κ2) is 9.74. The lowest BCUT2D eigenvalue weighted by Crippen LogP contribution is -2.49. The van der Waals surface area contributed by atoms with E-state index in [1.54, 1.807) is 24.3 Å². The molecular formula is C21H30N2O4. The summed E-state index contributed by atoms with van der Waals surface area (Å²) in [5.41, 5.74) is 0.190. The van der Waals surface area contributed by atoms with Crippen LogP contribution in [0.5, 0.6) is 5.75 Å². The van der Waals surface area contributed by atoms with E-state index in [-0.39, 0.29) is 5.56 Å². The van der Waals surface area contributed by atoms with Gasteiger partial charge in [0.25, 0.3) is 0 Å². The molecule has 1 aliphatic heterocycles. The number of carbonyl (C=O) groups excluding carboxylic acids is 1. The van der Waals surface area contributed by atoms with Gasteiger partial charge >= 0.3 is 5.97 Å². The van der Waals surface area contributed by atoms with E-state index in [4.69, 9.17) is 4.74 Å². The lowest BCUT2D eigenvalue weighted by molar-refractivity contribution is -0.134. The van der Waals surface area contributed by atoms with E-state index in [2.05, 4.69) is 4.90 Å². The van der Waals surface area contributed by atoms with E-state index in [9.17, 15) is 14.7 Å². The van der Waals surface area contributed by atoms with Gasteiger partial charge in [-0.05, 0) is 30.9 Å². The molecule has 0 atom stereocenters. The molecule has 0 unspecified atom stereocenters. The van der Waals surface area contributed by atoms with Crippen molar-refractivity contribution in [2.75, 3.05) is 39.3 Å². The summed E-state index contributed by atoms with van der Waals surface area (Å²) in [6.45, 7) is 4.42.